The summed E-state index contributed by atoms with van der Waals surface area (Å²) in [4.78, 5) is 78.3. The first-order chi connectivity index (χ1) is 36.4. The number of rotatable bonds is 36. The average molecular weight is 1080 g/mol. The number of phenols is 1. The Hall–Kier alpha value is -5.48. The Morgan fingerprint density at radius 2 is 1.00 bits per heavy atom. The Morgan fingerprint density at radius 1 is 0.592 bits per heavy atom. The highest BCUT2D eigenvalue weighted by Crippen LogP contribution is 2.28. The van der Waals surface area contributed by atoms with Crippen LogP contribution in [0, 0.1) is 11.8 Å². The van der Waals surface area contributed by atoms with Crippen LogP contribution in [0.25, 0.3) is 0 Å². The lowest BCUT2D eigenvalue weighted by Crippen LogP contribution is -2.41. The molecule has 15 nitrogen and oxygen atoms in total. The van der Waals surface area contributed by atoms with Crippen molar-refractivity contribution in [2.24, 2.45) is 23.3 Å². The molecule has 0 unspecified atom stereocenters. The van der Waals surface area contributed by atoms with E-state index in [-0.39, 0.29) is 65.8 Å². The van der Waals surface area contributed by atoms with Crippen LogP contribution in [0.5, 0.6) is 11.5 Å². The summed E-state index contributed by atoms with van der Waals surface area (Å²) in [6, 6.07) is 13.0. The smallest absolute Gasteiger partial charge is 0.329 e. The Balaban J connectivity index is 0.000000409. The zero-order valence-corrected chi connectivity index (χ0v) is 48.1. The van der Waals surface area contributed by atoms with Gasteiger partial charge in [0.15, 0.2) is 6.79 Å². The molecule has 2 aromatic carbocycles. The standard InChI is InChI=1S/C33H54N2O6Si.C27H40N2O5/c1-6-7-8-11-17-27(18-12-9-10-16-26(2)31(34)36)41-33(38)29-20-15-22-35(29)32(37)28-19-13-14-21-30(28)40-25-39-23-24-42(3,4)5;1-3-4-5-8-14-21(15-9-6-7-13-20(2)25(28)31)34-27(33)23-17-12-19-29(23)26(32)22-16-10-11-18-24(22)30/h13-15,19,21-22,26-27,29H,6-12,16-18,20,23-25H2,1-5H3,(H2,34,36);10-12,16,18-21,23,30H,3-9,13-15,17H2,1-2H3,(H2,28,31)/t26-,27-,29+;20-,21-,23+/m11/s1. The molecule has 0 saturated carbocycles. The van der Waals surface area contributed by atoms with Gasteiger partial charge in [-0.15, -0.1) is 0 Å². The van der Waals surface area contributed by atoms with E-state index in [0.717, 1.165) is 134 Å². The van der Waals surface area contributed by atoms with E-state index in [4.69, 9.17) is 30.4 Å². The number of phenolic OH excluding ortho intramolecular Hbond substituents is 1. The van der Waals surface area contributed by atoms with E-state index in [1.165, 1.54) is 15.9 Å². The van der Waals surface area contributed by atoms with Gasteiger partial charge < -0.3 is 45.3 Å². The highest BCUT2D eigenvalue weighted by atomic mass is 28.3. The molecule has 0 fully saturated rings. The number of carbonyl (C=O) groups is 6. The van der Waals surface area contributed by atoms with Gasteiger partial charge in [-0.3, -0.25) is 19.2 Å². The SMILES string of the molecule is CCCCCC[C@H](CCCCC[C@@H](C)C(N)=O)OC(=O)[C@@H]1CC=CN1C(=O)c1ccccc1O.CCCCCC[C@H](CCCCC[C@@H](C)C(N)=O)OC(=O)[C@@H]1CC=CN1C(=O)c1ccccc1OCOCC[Si](C)(C)C. The average Bonchev–Trinajstić information content (AvgIpc) is 4.10. The van der Waals surface area contributed by atoms with E-state index in [1.54, 1.807) is 54.9 Å². The number of ether oxygens (including phenoxy) is 4. The van der Waals surface area contributed by atoms with Gasteiger partial charge in [-0.05, 0) is 107 Å². The first kappa shape index (κ1) is 64.8. The minimum atomic E-state index is -1.20. The van der Waals surface area contributed by atoms with Crippen LogP contribution >= 0.6 is 0 Å². The zero-order chi connectivity index (χ0) is 55.9. The first-order valence-corrected chi connectivity index (χ1v) is 32.1. The summed E-state index contributed by atoms with van der Waals surface area (Å²) in [5.41, 5.74) is 11.2. The van der Waals surface area contributed by atoms with E-state index < -0.39 is 32.0 Å². The molecule has 76 heavy (non-hydrogen) atoms. The quantitative estimate of drug-likeness (QED) is 0.0252. The molecule has 0 aliphatic carbocycles. The number of nitrogens with zero attached hydrogens (tertiary/aromatic N) is 2. The van der Waals surface area contributed by atoms with Gasteiger partial charge in [-0.1, -0.05) is 148 Å². The van der Waals surface area contributed by atoms with Gasteiger partial charge in [-0.25, -0.2) is 9.59 Å². The van der Waals surface area contributed by atoms with Gasteiger partial charge >= 0.3 is 11.9 Å². The lowest BCUT2D eigenvalue weighted by atomic mass is 9.99. The van der Waals surface area contributed by atoms with Crippen LogP contribution in [0.1, 0.15) is 190 Å². The molecule has 4 rings (SSSR count). The largest absolute Gasteiger partial charge is 0.507 e. The van der Waals surface area contributed by atoms with Crippen molar-refractivity contribution in [2.45, 2.75) is 219 Å². The van der Waals surface area contributed by atoms with Crippen LogP contribution in [0.2, 0.25) is 25.7 Å². The summed E-state index contributed by atoms with van der Waals surface area (Å²) in [6.07, 6.45) is 26.3. The number of carbonyl (C=O) groups excluding carboxylic acids is 6. The molecule has 0 saturated heterocycles. The van der Waals surface area contributed by atoms with Crippen LogP contribution in [0.3, 0.4) is 0 Å². The summed E-state index contributed by atoms with van der Waals surface area (Å²) in [5, 5.41) is 10.0. The molecule has 2 aliphatic rings. The number of aromatic hydroxyl groups is 1. The van der Waals surface area contributed by atoms with Crippen molar-refractivity contribution in [1.29, 1.82) is 0 Å². The fourth-order valence-corrected chi connectivity index (χ4v) is 9.77. The fraction of sp³-hybridized carbons (Fsp3) is 0.633. The van der Waals surface area contributed by atoms with Crippen molar-refractivity contribution < 1.29 is 52.8 Å². The number of hydrogen-bond donors (Lipinski definition) is 3. The van der Waals surface area contributed by atoms with Crippen molar-refractivity contribution in [1.82, 2.24) is 9.80 Å². The number of unbranched alkanes of at least 4 members (excludes halogenated alkanes) is 10. The maximum absolute atomic E-state index is 13.6. The summed E-state index contributed by atoms with van der Waals surface area (Å²) in [5.74, 6) is -1.95. The lowest BCUT2D eigenvalue weighted by molar-refractivity contribution is -0.155. The Kier molecular flexibility index (Phi) is 30.5. The van der Waals surface area contributed by atoms with Crippen LogP contribution < -0.4 is 16.2 Å². The normalized spacial score (nSPS) is 16.6. The van der Waals surface area contributed by atoms with Gasteiger partial charge in [0.1, 0.15) is 35.8 Å². The summed E-state index contributed by atoms with van der Waals surface area (Å²) < 4.78 is 23.5. The number of amides is 4. The second-order valence-corrected chi connectivity index (χ2v) is 27.5. The molecule has 0 spiro atoms. The van der Waals surface area contributed by atoms with Crippen LogP contribution in [0.4, 0.5) is 0 Å². The van der Waals surface area contributed by atoms with E-state index in [2.05, 4.69) is 33.5 Å². The van der Waals surface area contributed by atoms with E-state index in [1.807, 2.05) is 26.0 Å². The molecule has 5 N–H and O–H groups in total. The Bertz CT molecular complexity index is 2140. The third kappa shape index (κ3) is 24.2. The third-order valence-electron chi connectivity index (χ3n) is 14.1. The number of primary amides is 2. The van der Waals surface area contributed by atoms with Gasteiger partial charge in [0, 0.05) is 38.9 Å². The van der Waals surface area contributed by atoms with Crippen molar-refractivity contribution in [3.05, 3.63) is 84.2 Å². The molecule has 6 atom stereocenters. The molecule has 424 valence electrons. The number of para-hydroxylation sites is 2. The van der Waals surface area contributed by atoms with E-state index >= 15 is 0 Å². The van der Waals surface area contributed by atoms with Gasteiger partial charge in [0.25, 0.3) is 11.8 Å². The highest BCUT2D eigenvalue weighted by Gasteiger charge is 2.36. The Labute approximate surface area is 455 Å². The van der Waals surface area contributed by atoms with Crippen molar-refractivity contribution in [2.75, 3.05) is 13.4 Å². The summed E-state index contributed by atoms with van der Waals surface area (Å²) in [7, 11) is -1.20. The van der Waals surface area contributed by atoms with Crippen LogP contribution in [-0.4, -0.2) is 96.2 Å². The zero-order valence-electron chi connectivity index (χ0n) is 47.1. The molecular weight excluding hydrogens is 981 g/mol. The Morgan fingerprint density at radius 3 is 1.43 bits per heavy atom. The number of nitrogens with two attached hydrogens (primary N) is 2. The minimum absolute atomic E-state index is 0.0667. The second-order valence-electron chi connectivity index (χ2n) is 21.9. The van der Waals surface area contributed by atoms with Gasteiger partial charge in [0.2, 0.25) is 11.8 Å². The topological polar surface area (TPSA) is 218 Å². The predicted molar refractivity (Wildman–Crippen MR) is 302 cm³/mol. The van der Waals surface area contributed by atoms with Crippen molar-refractivity contribution in [3.8, 4) is 11.5 Å². The third-order valence-corrected chi connectivity index (χ3v) is 15.8. The molecule has 4 amide bonds. The van der Waals surface area contributed by atoms with Crippen LogP contribution in [-0.2, 0) is 33.4 Å². The maximum atomic E-state index is 13.6. The van der Waals surface area contributed by atoms with Gasteiger partial charge in [-0.2, -0.15) is 0 Å². The molecule has 2 aromatic rings. The summed E-state index contributed by atoms with van der Waals surface area (Å²) in [6.45, 7) is 15.6. The van der Waals surface area contributed by atoms with E-state index in [0.29, 0.717) is 30.8 Å². The molecule has 16 heteroatoms. The molecular formula is C60H94N4O11Si. The summed E-state index contributed by atoms with van der Waals surface area (Å²) >= 11 is 0. The second kappa shape index (κ2) is 35.8. The van der Waals surface area contributed by atoms with Crippen molar-refractivity contribution >= 4 is 43.6 Å². The number of hydrogen-bond acceptors (Lipinski definition) is 11. The lowest BCUT2D eigenvalue weighted by Gasteiger charge is -2.26. The van der Waals surface area contributed by atoms with Crippen LogP contribution in [0.15, 0.2) is 73.1 Å². The maximum Gasteiger partial charge on any atom is 0.329 e. The number of esters is 2. The highest BCUT2D eigenvalue weighted by molar-refractivity contribution is 6.76. The van der Waals surface area contributed by atoms with E-state index in [9.17, 15) is 33.9 Å². The minimum Gasteiger partial charge on any atom is -0.507 e. The monoisotopic (exact) mass is 1070 g/mol. The molecule has 0 aromatic heterocycles. The molecule has 0 bridgehead atoms. The number of benzene rings is 2. The van der Waals surface area contributed by atoms with Crippen molar-refractivity contribution in [3.63, 3.8) is 0 Å². The fourth-order valence-electron chi connectivity index (χ4n) is 9.01. The molecule has 0 radical (unpaired) electrons. The first-order valence-electron chi connectivity index (χ1n) is 28.4. The molecule has 2 heterocycles. The molecule has 2 aliphatic heterocycles. The van der Waals surface area contributed by atoms with Gasteiger partial charge in [0.05, 0.1) is 11.1 Å². The predicted octanol–water partition coefficient (Wildman–Crippen LogP) is 12.1.